The van der Waals surface area contributed by atoms with Gasteiger partial charge in [0.25, 0.3) is 0 Å². The monoisotopic (exact) mass is 239 g/mol. The minimum atomic E-state index is -0.477. The van der Waals surface area contributed by atoms with E-state index in [1.165, 1.54) is 6.07 Å². The van der Waals surface area contributed by atoms with Gasteiger partial charge in [0.15, 0.2) is 0 Å². The second-order valence-electron chi connectivity index (χ2n) is 2.33. The molecule has 0 aliphatic heterocycles. The third-order valence-corrected chi connectivity index (χ3v) is 1.55. The molecule has 0 radical (unpaired) electrons. The number of nitrogens with two attached hydrogens (primary N) is 1. The van der Waals surface area contributed by atoms with Gasteiger partial charge in [0.05, 0.1) is 5.56 Å². The topological polar surface area (TPSA) is 61.9 Å². The fourth-order valence-electron chi connectivity index (χ4n) is 1.01. The molecule has 0 amide bonds. The molecule has 1 aromatic carbocycles. The summed E-state index contributed by atoms with van der Waals surface area (Å²) in [5, 5.41) is 9.88. The molecular formula is C8H12Cl2FN3. The van der Waals surface area contributed by atoms with Crippen molar-refractivity contribution in [1.29, 1.82) is 5.41 Å². The van der Waals surface area contributed by atoms with E-state index in [1.54, 1.807) is 19.2 Å². The highest BCUT2D eigenvalue weighted by Crippen LogP contribution is 2.17. The number of nitrogens with one attached hydrogen (secondary N) is 2. The molecule has 0 atom stereocenters. The van der Waals surface area contributed by atoms with Gasteiger partial charge < -0.3 is 11.1 Å². The summed E-state index contributed by atoms with van der Waals surface area (Å²) in [6.07, 6.45) is 0. The molecule has 80 valence electrons. The zero-order valence-corrected chi connectivity index (χ0v) is 9.14. The number of amidine groups is 1. The van der Waals surface area contributed by atoms with Crippen LogP contribution in [-0.4, -0.2) is 12.9 Å². The van der Waals surface area contributed by atoms with Crippen molar-refractivity contribution in [3.05, 3.63) is 29.6 Å². The Morgan fingerprint density at radius 1 is 1.43 bits per heavy atom. The van der Waals surface area contributed by atoms with Gasteiger partial charge in [0.2, 0.25) is 0 Å². The molecule has 0 unspecified atom stereocenters. The van der Waals surface area contributed by atoms with Crippen LogP contribution in [0.3, 0.4) is 0 Å². The van der Waals surface area contributed by atoms with Gasteiger partial charge in [-0.2, -0.15) is 0 Å². The second-order valence-corrected chi connectivity index (χ2v) is 2.33. The van der Waals surface area contributed by atoms with Gasteiger partial charge in [-0.1, -0.05) is 6.07 Å². The zero-order chi connectivity index (χ0) is 9.14. The maximum Gasteiger partial charge on any atom is 0.136 e. The Morgan fingerprint density at radius 2 is 2.00 bits per heavy atom. The first-order chi connectivity index (χ1) is 5.66. The van der Waals surface area contributed by atoms with Crippen LogP contribution in [0.1, 0.15) is 5.56 Å². The Morgan fingerprint density at radius 3 is 2.36 bits per heavy atom. The first-order valence-electron chi connectivity index (χ1n) is 3.47. The van der Waals surface area contributed by atoms with Crippen molar-refractivity contribution in [1.82, 2.24) is 0 Å². The van der Waals surface area contributed by atoms with Gasteiger partial charge in [-0.05, 0) is 12.1 Å². The van der Waals surface area contributed by atoms with E-state index in [-0.39, 0.29) is 36.2 Å². The van der Waals surface area contributed by atoms with Gasteiger partial charge in [0.1, 0.15) is 11.7 Å². The quantitative estimate of drug-likeness (QED) is 0.546. The smallest absolute Gasteiger partial charge is 0.136 e. The fourth-order valence-corrected chi connectivity index (χ4v) is 1.01. The number of anilines is 1. The molecular weight excluding hydrogens is 228 g/mol. The average molecular weight is 240 g/mol. The summed E-state index contributed by atoms with van der Waals surface area (Å²) >= 11 is 0. The summed E-state index contributed by atoms with van der Waals surface area (Å²) in [4.78, 5) is 0. The van der Waals surface area contributed by atoms with Crippen molar-refractivity contribution >= 4 is 36.3 Å². The molecule has 1 aromatic rings. The average Bonchev–Trinajstić information content (AvgIpc) is 2.03. The maximum absolute atomic E-state index is 13.0. The molecule has 0 fully saturated rings. The number of nitrogen functional groups attached to an aromatic ring is 1. The third kappa shape index (κ3) is 3.05. The number of hydrogen-bond donors (Lipinski definition) is 3. The molecule has 3 nitrogen and oxygen atoms in total. The molecule has 1 rings (SSSR count). The largest absolute Gasteiger partial charge is 0.387 e. The molecule has 0 saturated heterocycles. The maximum atomic E-state index is 13.0. The highest BCUT2D eigenvalue weighted by molar-refractivity contribution is 6.00. The summed E-state index contributed by atoms with van der Waals surface area (Å²) in [5.41, 5.74) is 5.85. The number of hydrogen-bond acceptors (Lipinski definition) is 2. The van der Waals surface area contributed by atoms with Gasteiger partial charge in [-0.3, -0.25) is 5.41 Å². The molecule has 0 heterocycles. The lowest BCUT2D eigenvalue weighted by molar-refractivity contribution is 0.625. The van der Waals surface area contributed by atoms with Crippen LogP contribution in [0.15, 0.2) is 18.2 Å². The van der Waals surface area contributed by atoms with Gasteiger partial charge in [-0.15, -0.1) is 24.8 Å². The van der Waals surface area contributed by atoms with E-state index >= 15 is 0 Å². The molecule has 0 spiro atoms. The molecule has 0 aliphatic carbocycles. The van der Waals surface area contributed by atoms with Crippen LogP contribution in [0, 0.1) is 11.2 Å². The van der Waals surface area contributed by atoms with Gasteiger partial charge in [0, 0.05) is 12.7 Å². The standard InChI is InChI=1S/C8H10FN3.2ClH/c1-12-6-4-2-3-5(9)7(6)8(10)11;;/h2-4,12H,1H3,(H3,10,11);2*1H. The van der Waals surface area contributed by atoms with Crippen molar-refractivity contribution in [2.45, 2.75) is 0 Å². The first kappa shape index (κ1) is 15.5. The highest BCUT2D eigenvalue weighted by atomic mass is 35.5. The predicted octanol–water partition coefficient (Wildman–Crippen LogP) is 2.00. The second kappa shape index (κ2) is 6.45. The number of benzene rings is 1. The van der Waals surface area contributed by atoms with E-state index in [0.29, 0.717) is 5.69 Å². The van der Waals surface area contributed by atoms with Crippen LogP contribution in [0.4, 0.5) is 10.1 Å². The van der Waals surface area contributed by atoms with Crippen LogP contribution >= 0.6 is 24.8 Å². The lowest BCUT2D eigenvalue weighted by Gasteiger charge is -2.07. The van der Waals surface area contributed by atoms with Crippen LogP contribution in [-0.2, 0) is 0 Å². The molecule has 14 heavy (non-hydrogen) atoms. The number of rotatable bonds is 2. The lowest BCUT2D eigenvalue weighted by Crippen LogP contribution is -2.15. The summed E-state index contributed by atoms with van der Waals surface area (Å²) in [6, 6.07) is 4.50. The molecule has 0 aromatic heterocycles. The van der Waals surface area contributed by atoms with Crippen LogP contribution in [0.25, 0.3) is 0 Å². The summed E-state index contributed by atoms with van der Waals surface area (Å²) < 4.78 is 13.0. The minimum absolute atomic E-state index is 0. The lowest BCUT2D eigenvalue weighted by atomic mass is 10.1. The predicted molar refractivity (Wildman–Crippen MR) is 61.5 cm³/mol. The van der Waals surface area contributed by atoms with Crippen molar-refractivity contribution in [2.75, 3.05) is 12.4 Å². The Balaban J connectivity index is 0. The Labute approximate surface area is 94.2 Å². The molecule has 0 aliphatic rings. The molecule has 0 bridgehead atoms. The van der Waals surface area contributed by atoms with E-state index in [9.17, 15) is 4.39 Å². The van der Waals surface area contributed by atoms with Crippen molar-refractivity contribution in [3.8, 4) is 0 Å². The highest BCUT2D eigenvalue weighted by Gasteiger charge is 2.08. The minimum Gasteiger partial charge on any atom is -0.387 e. The summed E-state index contributed by atoms with van der Waals surface area (Å²) in [5.74, 6) is -0.744. The normalized spacial score (nSPS) is 8.14. The van der Waals surface area contributed by atoms with E-state index in [0.717, 1.165) is 0 Å². The van der Waals surface area contributed by atoms with Crippen molar-refractivity contribution in [3.63, 3.8) is 0 Å². The van der Waals surface area contributed by atoms with Crippen LogP contribution in [0.2, 0.25) is 0 Å². The molecule has 0 saturated carbocycles. The van der Waals surface area contributed by atoms with E-state index in [4.69, 9.17) is 11.1 Å². The Hall–Kier alpha value is -1.00. The molecule has 6 heteroatoms. The SMILES string of the molecule is CNc1cccc(F)c1C(=N)N.Cl.Cl. The molecule has 4 N–H and O–H groups in total. The Bertz CT molecular complexity index is 317. The van der Waals surface area contributed by atoms with Gasteiger partial charge >= 0.3 is 0 Å². The van der Waals surface area contributed by atoms with Gasteiger partial charge in [-0.25, -0.2) is 4.39 Å². The van der Waals surface area contributed by atoms with E-state index in [1.807, 2.05) is 0 Å². The third-order valence-electron chi connectivity index (χ3n) is 1.55. The number of halogens is 3. The fraction of sp³-hybridized carbons (Fsp3) is 0.125. The van der Waals surface area contributed by atoms with E-state index < -0.39 is 5.82 Å². The Kier molecular flexibility index (Phi) is 7.13. The zero-order valence-electron chi connectivity index (χ0n) is 7.50. The van der Waals surface area contributed by atoms with E-state index in [2.05, 4.69) is 5.32 Å². The van der Waals surface area contributed by atoms with Crippen molar-refractivity contribution in [2.24, 2.45) is 5.73 Å². The van der Waals surface area contributed by atoms with Crippen molar-refractivity contribution < 1.29 is 4.39 Å². The van der Waals surface area contributed by atoms with Crippen LogP contribution in [0.5, 0.6) is 0 Å². The van der Waals surface area contributed by atoms with Crippen LogP contribution < -0.4 is 11.1 Å². The summed E-state index contributed by atoms with van der Waals surface area (Å²) in [6.45, 7) is 0. The summed E-state index contributed by atoms with van der Waals surface area (Å²) in [7, 11) is 1.65. The first-order valence-corrected chi connectivity index (χ1v) is 3.47.